The van der Waals surface area contributed by atoms with Crippen LogP contribution in [0.15, 0.2) is 16.8 Å². The van der Waals surface area contributed by atoms with Gasteiger partial charge in [0.1, 0.15) is 0 Å². The van der Waals surface area contributed by atoms with Crippen molar-refractivity contribution in [1.29, 1.82) is 0 Å². The summed E-state index contributed by atoms with van der Waals surface area (Å²) in [5, 5.41) is 4.23. The highest BCUT2D eigenvalue weighted by Gasteiger charge is 2.72. The largest absolute Gasteiger partial charge is 0.495 e. The van der Waals surface area contributed by atoms with Crippen LogP contribution in [-0.2, 0) is 9.31 Å². The predicted octanol–water partition coefficient (Wildman–Crippen LogP) is 2.68. The molecule has 2 saturated carbocycles. The first-order valence-electron chi connectivity index (χ1n) is 6.89. The molecule has 1 aliphatic heterocycles. The second-order valence-corrected chi connectivity index (χ2v) is 7.58. The molecule has 3 fully saturated rings. The van der Waals surface area contributed by atoms with Crippen molar-refractivity contribution >= 4 is 23.9 Å². The van der Waals surface area contributed by atoms with E-state index in [9.17, 15) is 0 Å². The molecular formula is C14H19BO2S. The minimum atomic E-state index is -0.138. The van der Waals surface area contributed by atoms with Crippen LogP contribution < -0.4 is 5.46 Å². The van der Waals surface area contributed by atoms with Crippen LogP contribution >= 0.6 is 11.3 Å². The highest BCUT2D eigenvalue weighted by molar-refractivity contribution is 7.09. The lowest BCUT2D eigenvalue weighted by Crippen LogP contribution is -2.43. The quantitative estimate of drug-likeness (QED) is 0.724. The molecule has 4 rings (SSSR count). The Bertz CT molecular complexity index is 472. The normalized spacial score (nSPS) is 44.6. The summed E-state index contributed by atoms with van der Waals surface area (Å²) in [6.45, 7) is 7.05. The fourth-order valence-electron chi connectivity index (χ4n) is 4.55. The monoisotopic (exact) mass is 262 g/mol. The average Bonchev–Trinajstić information content (AvgIpc) is 2.77. The van der Waals surface area contributed by atoms with Gasteiger partial charge >= 0.3 is 7.12 Å². The molecule has 2 heterocycles. The fourth-order valence-corrected chi connectivity index (χ4v) is 5.22. The molecule has 3 aliphatic rings. The number of rotatable bonds is 1. The molecular weight excluding hydrogens is 243 g/mol. The molecule has 18 heavy (non-hydrogen) atoms. The van der Waals surface area contributed by atoms with Crippen LogP contribution in [0.1, 0.15) is 33.6 Å². The molecule has 0 unspecified atom stereocenters. The molecule has 0 amide bonds. The van der Waals surface area contributed by atoms with Gasteiger partial charge in [-0.15, -0.1) is 0 Å². The summed E-state index contributed by atoms with van der Waals surface area (Å²) in [6.07, 6.45) is 2.74. The first-order chi connectivity index (χ1) is 8.53. The smallest absolute Gasteiger partial charge is 0.401 e. The maximum atomic E-state index is 6.37. The van der Waals surface area contributed by atoms with Gasteiger partial charge in [0.2, 0.25) is 0 Å². The van der Waals surface area contributed by atoms with E-state index in [1.165, 1.54) is 11.9 Å². The van der Waals surface area contributed by atoms with Gasteiger partial charge in [0.15, 0.2) is 0 Å². The number of fused-ring (bicyclic) bond motifs is 3. The topological polar surface area (TPSA) is 18.5 Å². The van der Waals surface area contributed by atoms with Crippen molar-refractivity contribution in [2.45, 2.75) is 45.3 Å². The Morgan fingerprint density at radius 3 is 2.89 bits per heavy atom. The second kappa shape index (κ2) is 3.41. The third-order valence-electron chi connectivity index (χ3n) is 5.51. The van der Waals surface area contributed by atoms with Crippen LogP contribution in [0.2, 0.25) is 0 Å². The van der Waals surface area contributed by atoms with Gasteiger partial charge in [0.05, 0.1) is 11.7 Å². The van der Waals surface area contributed by atoms with Crippen molar-refractivity contribution < 1.29 is 9.31 Å². The SMILES string of the molecule is CC1(C)[C@H]2CC[C@H]3OB(c4ccsc4)O[C@@]3(C)[C@@H]21. The Labute approximate surface area is 113 Å². The molecule has 0 aromatic carbocycles. The van der Waals surface area contributed by atoms with Gasteiger partial charge in [-0.2, -0.15) is 11.3 Å². The van der Waals surface area contributed by atoms with Crippen LogP contribution in [0, 0.1) is 17.3 Å². The average molecular weight is 262 g/mol. The standard InChI is InChI=1S/C14H19BO2S/c1-13(2)10-4-5-11-14(3,12(10)13)17-15(16-11)9-6-7-18-8-9/h6-8,10-12H,4-5H2,1-3H3/t10-,11+,12-,14+/m0/s1. The predicted molar refractivity (Wildman–Crippen MR) is 74.1 cm³/mol. The third kappa shape index (κ3) is 1.32. The van der Waals surface area contributed by atoms with Crippen molar-refractivity contribution in [3.8, 4) is 0 Å². The molecule has 1 aromatic rings. The summed E-state index contributed by atoms with van der Waals surface area (Å²) < 4.78 is 12.6. The van der Waals surface area contributed by atoms with E-state index in [0.29, 0.717) is 11.3 Å². The van der Waals surface area contributed by atoms with Crippen LogP contribution in [0.25, 0.3) is 0 Å². The Kier molecular flexibility index (Phi) is 2.18. The van der Waals surface area contributed by atoms with E-state index in [4.69, 9.17) is 9.31 Å². The van der Waals surface area contributed by atoms with Crippen molar-refractivity contribution in [3.63, 3.8) is 0 Å². The number of thiophene rings is 1. The molecule has 0 radical (unpaired) electrons. The van der Waals surface area contributed by atoms with Crippen molar-refractivity contribution in [1.82, 2.24) is 0 Å². The zero-order valence-corrected chi connectivity index (χ0v) is 12.0. The summed E-state index contributed by atoms with van der Waals surface area (Å²) in [5.74, 6) is 1.51. The molecule has 0 bridgehead atoms. The van der Waals surface area contributed by atoms with Gasteiger partial charge in [0, 0.05) is 0 Å². The van der Waals surface area contributed by atoms with Crippen LogP contribution in [0.4, 0.5) is 0 Å². The van der Waals surface area contributed by atoms with E-state index in [2.05, 4.69) is 37.6 Å². The molecule has 0 spiro atoms. The maximum Gasteiger partial charge on any atom is 0.495 e. The second-order valence-electron chi connectivity index (χ2n) is 6.80. The fraction of sp³-hybridized carbons (Fsp3) is 0.714. The molecule has 0 N–H and O–H groups in total. The van der Waals surface area contributed by atoms with Crippen molar-refractivity contribution in [2.75, 3.05) is 0 Å². The van der Waals surface area contributed by atoms with E-state index in [1.807, 2.05) is 0 Å². The van der Waals surface area contributed by atoms with Crippen molar-refractivity contribution in [3.05, 3.63) is 16.8 Å². The van der Waals surface area contributed by atoms with Gasteiger partial charge in [-0.1, -0.05) is 19.9 Å². The van der Waals surface area contributed by atoms with Gasteiger partial charge in [-0.25, -0.2) is 0 Å². The van der Waals surface area contributed by atoms with Gasteiger partial charge in [-0.3, -0.25) is 0 Å². The first kappa shape index (κ1) is 11.5. The molecule has 1 aromatic heterocycles. The van der Waals surface area contributed by atoms with E-state index in [-0.39, 0.29) is 18.8 Å². The zero-order valence-electron chi connectivity index (χ0n) is 11.2. The van der Waals surface area contributed by atoms with Gasteiger partial charge in [-0.05, 0) is 53.2 Å². The highest BCUT2D eigenvalue weighted by atomic mass is 32.1. The van der Waals surface area contributed by atoms with Gasteiger partial charge < -0.3 is 9.31 Å². The summed E-state index contributed by atoms with van der Waals surface area (Å²) >= 11 is 1.71. The first-order valence-corrected chi connectivity index (χ1v) is 7.83. The Balaban J connectivity index is 1.64. The van der Waals surface area contributed by atoms with E-state index >= 15 is 0 Å². The summed E-state index contributed by atoms with van der Waals surface area (Å²) in [4.78, 5) is 0. The Morgan fingerprint density at radius 1 is 1.33 bits per heavy atom. The van der Waals surface area contributed by atoms with Crippen LogP contribution in [0.3, 0.4) is 0 Å². The molecule has 2 nitrogen and oxygen atoms in total. The molecule has 96 valence electrons. The summed E-state index contributed by atoms with van der Waals surface area (Å²) in [7, 11) is -0.138. The Morgan fingerprint density at radius 2 is 2.17 bits per heavy atom. The van der Waals surface area contributed by atoms with Gasteiger partial charge in [0.25, 0.3) is 0 Å². The lowest BCUT2D eigenvalue weighted by Gasteiger charge is -2.34. The molecule has 1 saturated heterocycles. The lowest BCUT2D eigenvalue weighted by atomic mass is 9.81. The van der Waals surface area contributed by atoms with E-state index < -0.39 is 0 Å². The molecule has 4 heteroatoms. The third-order valence-corrected chi connectivity index (χ3v) is 6.21. The summed E-state index contributed by atoms with van der Waals surface area (Å²) in [5.41, 5.74) is 1.56. The molecule has 4 atom stereocenters. The van der Waals surface area contributed by atoms with Crippen LogP contribution in [0.5, 0.6) is 0 Å². The number of hydrogen-bond acceptors (Lipinski definition) is 3. The minimum absolute atomic E-state index is 0.0704. The maximum absolute atomic E-state index is 6.37. The lowest BCUT2D eigenvalue weighted by molar-refractivity contribution is 0.000212. The van der Waals surface area contributed by atoms with Crippen molar-refractivity contribution in [2.24, 2.45) is 17.3 Å². The molecule has 2 aliphatic carbocycles. The van der Waals surface area contributed by atoms with E-state index in [1.54, 1.807) is 11.3 Å². The number of hydrogen-bond donors (Lipinski definition) is 0. The summed E-state index contributed by atoms with van der Waals surface area (Å²) in [6, 6.07) is 2.12. The van der Waals surface area contributed by atoms with E-state index in [0.717, 1.165) is 12.3 Å². The highest BCUT2D eigenvalue weighted by Crippen LogP contribution is 2.70. The minimum Gasteiger partial charge on any atom is -0.401 e. The Hall–Kier alpha value is -0.315. The van der Waals surface area contributed by atoms with Crippen LogP contribution in [-0.4, -0.2) is 18.8 Å². The zero-order chi connectivity index (χ0) is 12.5.